The Labute approximate surface area is 483 Å². The highest BCUT2D eigenvalue weighted by Crippen LogP contribution is 2.48. The molecule has 0 bridgehead atoms. The average Bonchev–Trinajstić information content (AvgIpc) is 2.19. The minimum absolute atomic E-state index is 0.190. The molecule has 0 N–H and O–H groups in total. The van der Waals surface area contributed by atoms with Gasteiger partial charge in [-0.3, -0.25) is 0 Å². The SMILES string of the molecule is O=S(=O)(Oc1cc2sc3ccc(-c4ccc(N(c5ccc6c(ccc7ccccc76)c5)c5ccc6c7ncncc7n(-c7ccccc7)c6c5)cc4)cc3c2cc1-c1cccc2c(N(c3ccccc3)c3ccccc3)cccc12)C(F)(F)F. The minimum atomic E-state index is -6.08. The van der Waals surface area contributed by atoms with E-state index in [0.29, 0.717) is 15.6 Å². The number of hydrogen-bond acceptors (Lipinski definition) is 8. The molecule has 15 aromatic rings. The molecule has 0 spiro atoms. The summed E-state index contributed by atoms with van der Waals surface area (Å²) >= 11 is 1.35. The molecule has 3 heterocycles. The molecule has 0 saturated heterocycles. The van der Waals surface area contributed by atoms with E-state index in [0.717, 1.165) is 105 Å². The van der Waals surface area contributed by atoms with Crippen molar-refractivity contribution in [2.75, 3.05) is 9.80 Å². The molecule has 0 radical (unpaired) electrons. The number of anilines is 6. The second-order valence-corrected chi connectivity index (χ2v) is 23.2. The molecule has 13 heteroatoms. The van der Waals surface area contributed by atoms with Crippen molar-refractivity contribution in [1.29, 1.82) is 0 Å². The van der Waals surface area contributed by atoms with E-state index in [4.69, 9.17) is 9.17 Å². The van der Waals surface area contributed by atoms with E-state index < -0.39 is 21.4 Å². The molecule has 3 aromatic heterocycles. The van der Waals surface area contributed by atoms with Crippen LogP contribution in [0.25, 0.3) is 102 Å². The summed E-state index contributed by atoms with van der Waals surface area (Å²) in [6.45, 7) is 0. The number of alkyl halides is 3. The zero-order valence-electron chi connectivity index (χ0n) is 44.3. The fraction of sp³-hybridized carbons (Fsp3) is 0.0141. The lowest BCUT2D eigenvalue weighted by molar-refractivity contribution is -0.0499. The number of hydrogen-bond donors (Lipinski definition) is 0. The van der Waals surface area contributed by atoms with Crippen LogP contribution in [0.3, 0.4) is 0 Å². The maximum Gasteiger partial charge on any atom is 0.534 e. The lowest BCUT2D eigenvalue weighted by atomic mass is 9.94. The Balaban J connectivity index is 0.864. The summed E-state index contributed by atoms with van der Waals surface area (Å²) in [5, 5.41) is 8.65. The van der Waals surface area contributed by atoms with Gasteiger partial charge < -0.3 is 18.6 Å². The van der Waals surface area contributed by atoms with Gasteiger partial charge in [-0.05, 0) is 147 Å². The van der Waals surface area contributed by atoms with Crippen molar-refractivity contribution in [3.8, 4) is 33.7 Å². The van der Waals surface area contributed by atoms with Gasteiger partial charge in [-0.25, -0.2) is 9.97 Å². The fourth-order valence-electron chi connectivity index (χ4n) is 11.8. The average molecular weight is 1140 g/mol. The van der Waals surface area contributed by atoms with Gasteiger partial charge in [0.2, 0.25) is 0 Å². The van der Waals surface area contributed by atoms with Gasteiger partial charge in [0.05, 0.1) is 28.4 Å². The first-order valence-electron chi connectivity index (χ1n) is 27.1. The third-order valence-corrected chi connectivity index (χ3v) is 17.7. The van der Waals surface area contributed by atoms with Crippen LogP contribution < -0.4 is 14.0 Å². The van der Waals surface area contributed by atoms with Crippen LogP contribution in [0, 0.1) is 0 Å². The largest absolute Gasteiger partial charge is 0.534 e. The van der Waals surface area contributed by atoms with Crippen molar-refractivity contribution in [3.63, 3.8) is 0 Å². The van der Waals surface area contributed by atoms with Crippen LogP contribution >= 0.6 is 11.3 Å². The second kappa shape index (κ2) is 20.0. The van der Waals surface area contributed by atoms with E-state index in [2.05, 4.69) is 135 Å². The van der Waals surface area contributed by atoms with Gasteiger partial charge in [0.15, 0.2) is 5.75 Å². The summed E-state index contributed by atoms with van der Waals surface area (Å²) in [4.78, 5) is 13.6. The first kappa shape index (κ1) is 50.6. The number of rotatable bonds is 11. The van der Waals surface area contributed by atoms with E-state index in [-0.39, 0.29) is 5.56 Å². The summed E-state index contributed by atoms with van der Waals surface area (Å²) in [6.07, 6.45) is 3.45. The van der Waals surface area contributed by atoms with Gasteiger partial charge >= 0.3 is 15.6 Å². The highest BCUT2D eigenvalue weighted by Gasteiger charge is 2.49. The van der Waals surface area contributed by atoms with Crippen molar-refractivity contribution >= 4 is 130 Å². The van der Waals surface area contributed by atoms with Crippen LogP contribution in [0.5, 0.6) is 5.75 Å². The lowest BCUT2D eigenvalue weighted by Crippen LogP contribution is -2.28. The van der Waals surface area contributed by atoms with Gasteiger partial charge in [0.1, 0.15) is 6.33 Å². The molecule has 8 nitrogen and oxygen atoms in total. The molecule has 0 fully saturated rings. The first-order valence-corrected chi connectivity index (χ1v) is 29.3. The molecule has 0 aliphatic carbocycles. The Hall–Kier alpha value is -10.3. The molecular weight excluding hydrogens is 1090 g/mol. The summed E-state index contributed by atoms with van der Waals surface area (Å²) in [6, 6.07) is 84.9. The Morgan fingerprint density at radius 1 is 0.440 bits per heavy atom. The highest BCUT2D eigenvalue weighted by atomic mass is 32.2. The van der Waals surface area contributed by atoms with Crippen molar-refractivity contribution < 1.29 is 25.8 Å². The predicted molar refractivity (Wildman–Crippen MR) is 338 cm³/mol. The van der Waals surface area contributed by atoms with Crippen molar-refractivity contribution in [2.45, 2.75) is 5.51 Å². The van der Waals surface area contributed by atoms with Gasteiger partial charge in [-0.1, -0.05) is 146 Å². The van der Waals surface area contributed by atoms with E-state index in [9.17, 15) is 21.6 Å². The number of fused-ring (bicyclic) bond motifs is 10. The molecule has 15 rings (SSSR count). The van der Waals surface area contributed by atoms with Crippen LogP contribution in [0.1, 0.15) is 0 Å². The van der Waals surface area contributed by atoms with Crippen molar-refractivity contribution in [2.24, 2.45) is 0 Å². The summed E-state index contributed by atoms with van der Waals surface area (Å²) in [5.74, 6) is -0.429. The summed E-state index contributed by atoms with van der Waals surface area (Å²) in [7, 11) is -6.08. The number of nitrogens with zero attached hydrogens (tertiary/aromatic N) is 5. The van der Waals surface area contributed by atoms with Crippen LogP contribution in [0.15, 0.2) is 267 Å². The molecule has 0 amide bonds. The Morgan fingerprint density at radius 2 is 1.05 bits per heavy atom. The number of aromatic nitrogens is 3. The van der Waals surface area contributed by atoms with Gasteiger partial charge in [0, 0.05) is 76.7 Å². The zero-order valence-corrected chi connectivity index (χ0v) is 45.9. The molecule has 0 aliphatic rings. The maximum absolute atomic E-state index is 14.2. The monoisotopic (exact) mass is 1140 g/mol. The molecule has 0 saturated carbocycles. The smallest absolute Gasteiger partial charge is 0.375 e. The van der Waals surface area contributed by atoms with E-state index in [1.807, 2.05) is 128 Å². The topological polar surface area (TPSA) is 80.6 Å². The highest BCUT2D eigenvalue weighted by molar-refractivity contribution is 7.88. The molecule has 0 unspecified atom stereocenters. The molecular formula is C71H44F3N5O3S2. The second-order valence-electron chi connectivity index (χ2n) is 20.5. The molecule has 0 atom stereocenters. The lowest BCUT2D eigenvalue weighted by Gasteiger charge is -2.27. The third kappa shape index (κ3) is 8.63. The first-order chi connectivity index (χ1) is 41.0. The normalized spacial score (nSPS) is 12.1. The minimum Gasteiger partial charge on any atom is -0.375 e. The molecule has 0 aliphatic heterocycles. The summed E-state index contributed by atoms with van der Waals surface area (Å²) in [5.41, 5.74) is 6.00. The van der Waals surface area contributed by atoms with Crippen LogP contribution in [0.4, 0.5) is 47.3 Å². The fourth-order valence-corrected chi connectivity index (χ4v) is 13.4. The van der Waals surface area contributed by atoms with E-state index in [1.165, 1.54) is 28.2 Å². The molecule has 12 aromatic carbocycles. The van der Waals surface area contributed by atoms with Crippen LogP contribution in [0.2, 0.25) is 0 Å². The summed E-state index contributed by atoms with van der Waals surface area (Å²) < 4.78 is 77.4. The van der Waals surface area contributed by atoms with Gasteiger partial charge in [-0.2, -0.15) is 21.6 Å². The van der Waals surface area contributed by atoms with Gasteiger partial charge in [-0.15, -0.1) is 11.3 Å². The number of halogens is 3. The molecule has 84 heavy (non-hydrogen) atoms. The standard InChI is InChI=1S/C71H44F3N5O3S2/c72-71(73,74)84(80,81)82-67-42-69-63(41-61(67)58-22-12-24-59-57(58)23-13-25-64(59)78(49-15-4-1-5-16-49)50-17-6-2-7-18-50)62-39-47(30-37-68(62)83-69)45-28-31-52(32-29-45)77(53-33-35-56-48(38-53)27-26-46-14-10-11-21-55(46)56)54-34-36-60-65(40-54)79(51-19-8-3-9-20-51)66-43-75-44-76-70(60)66/h1-44H. The Morgan fingerprint density at radius 3 is 1.81 bits per heavy atom. The van der Waals surface area contributed by atoms with E-state index >= 15 is 0 Å². The molecule has 404 valence electrons. The Kier molecular flexibility index (Phi) is 12.0. The third-order valence-electron chi connectivity index (χ3n) is 15.6. The van der Waals surface area contributed by atoms with Crippen LogP contribution in [-0.4, -0.2) is 28.5 Å². The zero-order chi connectivity index (χ0) is 56.7. The van der Waals surface area contributed by atoms with Gasteiger partial charge in [0.25, 0.3) is 0 Å². The predicted octanol–water partition coefficient (Wildman–Crippen LogP) is 19.9. The maximum atomic E-state index is 14.2. The number of para-hydroxylation sites is 3. The van der Waals surface area contributed by atoms with E-state index in [1.54, 1.807) is 18.5 Å². The van der Waals surface area contributed by atoms with Crippen molar-refractivity contribution in [3.05, 3.63) is 267 Å². The van der Waals surface area contributed by atoms with Crippen LogP contribution in [-0.2, 0) is 10.1 Å². The quantitative estimate of drug-likeness (QED) is 0.0725. The number of thiophene rings is 1. The van der Waals surface area contributed by atoms with Crippen molar-refractivity contribution in [1.82, 2.24) is 14.5 Å². The number of benzene rings is 12. The Bertz CT molecular complexity index is 5150.